The summed E-state index contributed by atoms with van der Waals surface area (Å²) in [5.74, 6) is 0. The Bertz CT molecular complexity index is 173. The van der Waals surface area contributed by atoms with E-state index in [4.69, 9.17) is 10.2 Å². The molecule has 0 saturated heterocycles. The van der Waals surface area contributed by atoms with Gasteiger partial charge in [0.15, 0.2) is 5.09 Å². The van der Waals surface area contributed by atoms with E-state index in [0.29, 0.717) is 0 Å². The lowest BCUT2D eigenvalue weighted by Gasteiger charge is -1.86. The molecular weight excluding hydrogens is 122 g/mol. The quantitative estimate of drug-likeness (QED) is 0.585. The molecule has 44 valence electrons. The molecule has 3 heteroatoms. The van der Waals surface area contributed by atoms with E-state index in [1.54, 1.807) is 12.3 Å². The molecule has 0 bridgehead atoms. The van der Waals surface area contributed by atoms with E-state index in [1.807, 2.05) is 6.26 Å². The van der Waals surface area contributed by atoms with Crippen LogP contribution in [0.2, 0.25) is 0 Å². The molecule has 1 rings (SSSR count). The zero-order valence-electron chi connectivity index (χ0n) is 4.55. The van der Waals surface area contributed by atoms with Crippen LogP contribution in [0.4, 0.5) is 5.69 Å². The van der Waals surface area contributed by atoms with Gasteiger partial charge in [-0.2, -0.15) is 0 Å². The van der Waals surface area contributed by atoms with Crippen LogP contribution in [0.3, 0.4) is 0 Å². The van der Waals surface area contributed by atoms with Crippen LogP contribution in [0.5, 0.6) is 0 Å². The Morgan fingerprint density at radius 2 is 2.50 bits per heavy atom. The van der Waals surface area contributed by atoms with Gasteiger partial charge in [-0.05, 0) is 6.26 Å². The van der Waals surface area contributed by atoms with Gasteiger partial charge in [0.05, 0.1) is 12.0 Å². The van der Waals surface area contributed by atoms with Crippen molar-refractivity contribution in [3.63, 3.8) is 0 Å². The molecule has 1 aromatic heterocycles. The molecule has 0 aliphatic heterocycles. The van der Waals surface area contributed by atoms with Crippen molar-refractivity contribution in [2.24, 2.45) is 0 Å². The van der Waals surface area contributed by atoms with Gasteiger partial charge < -0.3 is 10.2 Å². The summed E-state index contributed by atoms with van der Waals surface area (Å²) in [6.07, 6.45) is 3.51. The average Bonchev–Trinajstić information content (AvgIpc) is 2.14. The Balaban J connectivity index is 2.92. The summed E-state index contributed by atoms with van der Waals surface area (Å²) in [6.45, 7) is 0. The van der Waals surface area contributed by atoms with Crippen LogP contribution in [0.1, 0.15) is 0 Å². The monoisotopic (exact) mass is 129 g/mol. The highest BCUT2D eigenvalue weighted by atomic mass is 32.2. The van der Waals surface area contributed by atoms with Crippen molar-refractivity contribution in [2.75, 3.05) is 12.0 Å². The number of rotatable bonds is 1. The molecular formula is C5H7NOS. The van der Waals surface area contributed by atoms with Gasteiger partial charge in [-0.25, -0.2) is 0 Å². The first-order chi connectivity index (χ1) is 3.84. The summed E-state index contributed by atoms with van der Waals surface area (Å²) >= 11 is 1.51. The van der Waals surface area contributed by atoms with E-state index < -0.39 is 0 Å². The summed E-state index contributed by atoms with van der Waals surface area (Å²) in [5.41, 5.74) is 6.16. The molecule has 0 spiro atoms. The normalized spacial score (nSPS) is 9.62. The number of hydrogen-bond acceptors (Lipinski definition) is 3. The predicted octanol–water partition coefficient (Wildman–Crippen LogP) is 1.58. The van der Waals surface area contributed by atoms with E-state index in [9.17, 15) is 0 Å². The molecule has 0 aliphatic carbocycles. The SMILES string of the molecule is CSc1occc1N. The number of anilines is 1. The molecule has 0 radical (unpaired) electrons. The zero-order valence-corrected chi connectivity index (χ0v) is 5.37. The van der Waals surface area contributed by atoms with E-state index >= 15 is 0 Å². The molecule has 2 N–H and O–H groups in total. The molecule has 0 saturated carbocycles. The highest BCUT2D eigenvalue weighted by Gasteiger charge is 1.96. The minimum absolute atomic E-state index is 0.720. The van der Waals surface area contributed by atoms with Gasteiger partial charge in [0, 0.05) is 6.07 Å². The molecule has 0 aromatic carbocycles. The Morgan fingerprint density at radius 3 is 2.75 bits per heavy atom. The molecule has 1 heterocycles. The third kappa shape index (κ3) is 0.816. The fourth-order valence-electron chi connectivity index (χ4n) is 0.471. The predicted molar refractivity (Wildman–Crippen MR) is 34.9 cm³/mol. The van der Waals surface area contributed by atoms with Gasteiger partial charge in [-0.1, -0.05) is 11.8 Å². The summed E-state index contributed by atoms with van der Waals surface area (Å²) in [7, 11) is 0. The van der Waals surface area contributed by atoms with Crippen molar-refractivity contribution >= 4 is 17.4 Å². The fraction of sp³-hybridized carbons (Fsp3) is 0.200. The number of nitrogen functional groups attached to an aromatic ring is 1. The Labute approximate surface area is 52.1 Å². The van der Waals surface area contributed by atoms with Crippen molar-refractivity contribution in [3.05, 3.63) is 12.3 Å². The second kappa shape index (κ2) is 2.13. The van der Waals surface area contributed by atoms with E-state index in [0.717, 1.165) is 10.8 Å². The number of hydrogen-bond donors (Lipinski definition) is 1. The summed E-state index contributed by atoms with van der Waals surface area (Å²) in [5, 5.41) is 0.796. The highest BCUT2D eigenvalue weighted by molar-refractivity contribution is 7.98. The van der Waals surface area contributed by atoms with E-state index in [-0.39, 0.29) is 0 Å². The van der Waals surface area contributed by atoms with Gasteiger partial charge in [0.2, 0.25) is 0 Å². The van der Waals surface area contributed by atoms with Crippen LogP contribution in [0, 0.1) is 0 Å². The zero-order chi connectivity index (χ0) is 5.98. The second-order valence-electron chi connectivity index (χ2n) is 1.37. The van der Waals surface area contributed by atoms with Crippen molar-refractivity contribution in [3.8, 4) is 0 Å². The lowest BCUT2D eigenvalue weighted by Crippen LogP contribution is -1.80. The highest BCUT2D eigenvalue weighted by Crippen LogP contribution is 2.22. The van der Waals surface area contributed by atoms with Crippen molar-refractivity contribution in [2.45, 2.75) is 5.09 Å². The van der Waals surface area contributed by atoms with Crippen LogP contribution in [-0.4, -0.2) is 6.26 Å². The molecule has 0 unspecified atom stereocenters. The molecule has 0 aliphatic rings. The Morgan fingerprint density at radius 1 is 1.75 bits per heavy atom. The smallest absolute Gasteiger partial charge is 0.182 e. The first-order valence-corrected chi connectivity index (χ1v) is 3.44. The third-order valence-electron chi connectivity index (χ3n) is 0.844. The summed E-state index contributed by atoms with van der Waals surface area (Å²) < 4.78 is 4.95. The second-order valence-corrected chi connectivity index (χ2v) is 2.15. The molecule has 2 nitrogen and oxygen atoms in total. The van der Waals surface area contributed by atoms with Crippen molar-refractivity contribution in [1.29, 1.82) is 0 Å². The van der Waals surface area contributed by atoms with E-state index in [1.165, 1.54) is 11.8 Å². The maximum atomic E-state index is 5.44. The molecule has 0 amide bonds. The van der Waals surface area contributed by atoms with Crippen molar-refractivity contribution < 1.29 is 4.42 Å². The van der Waals surface area contributed by atoms with Crippen LogP contribution >= 0.6 is 11.8 Å². The van der Waals surface area contributed by atoms with Crippen molar-refractivity contribution in [1.82, 2.24) is 0 Å². The lowest BCUT2D eigenvalue weighted by atomic mass is 10.6. The third-order valence-corrected chi connectivity index (χ3v) is 1.55. The number of furan rings is 1. The van der Waals surface area contributed by atoms with E-state index in [2.05, 4.69) is 0 Å². The maximum absolute atomic E-state index is 5.44. The first-order valence-electron chi connectivity index (χ1n) is 2.21. The van der Waals surface area contributed by atoms with Crippen LogP contribution in [0.15, 0.2) is 21.8 Å². The molecule has 1 aromatic rings. The van der Waals surface area contributed by atoms with Crippen LogP contribution in [0.25, 0.3) is 0 Å². The van der Waals surface area contributed by atoms with Gasteiger partial charge in [-0.15, -0.1) is 0 Å². The van der Waals surface area contributed by atoms with Gasteiger partial charge in [0.1, 0.15) is 0 Å². The summed E-state index contributed by atoms with van der Waals surface area (Å²) in [4.78, 5) is 0. The van der Waals surface area contributed by atoms with Crippen LogP contribution < -0.4 is 5.73 Å². The number of nitrogens with two attached hydrogens (primary N) is 1. The summed E-state index contributed by atoms with van der Waals surface area (Å²) in [6, 6.07) is 1.74. The topological polar surface area (TPSA) is 39.2 Å². The minimum atomic E-state index is 0.720. The maximum Gasteiger partial charge on any atom is 0.182 e. The van der Waals surface area contributed by atoms with Gasteiger partial charge >= 0.3 is 0 Å². The van der Waals surface area contributed by atoms with Crippen LogP contribution in [-0.2, 0) is 0 Å². The molecule has 0 fully saturated rings. The first kappa shape index (κ1) is 5.56. The Kier molecular flexibility index (Phi) is 1.48. The molecule has 0 atom stereocenters. The minimum Gasteiger partial charge on any atom is -0.456 e. The van der Waals surface area contributed by atoms with Gasteiger partial charge in [0.25, 0.3) is 0 Å². The fourth-order valence-corrected chi connectivity index (χ4v) is 0.927. The lowest BCUT2D eigenvalue weighted by molar-refractivity contribution is 0.477. The molecule has 8 heavy (non-hydrogen) atoms. The largest absolute Gasteiger partial charge is 0.456 e. The van der Waals surface area contributed by atoms with Gasteiger partial charge in [-0.3, -0.25) is 0 Å². The average molecular weight is 129 g/mol. The number of thioether (sulfide) groups is 1. The Hall–Kier alpha value is -0.570. The standard InChI is InChI=1S/C5H7NOS/c1-8-5-4(6)2-3-7-5/h2-3H,6H2,1H3.